The molecule has 0 saturated carbocycles. The van der Waals surface area contributed by atoms with Crippen LogP contribution in [0.5, 0.6) is 5.75 Å². The summed E-state index contributed by atoms with van der Waals surface area (Å²) >= 11 is 3.69. The zero-order valence-electron chi connectivity index (χ0n) is 11.6. The molecular weight excluding hydrogens is 316 g/mol. The molecule has 20 heavy (non-hydrogen) atoms. The zero-order valence-corrected chi connectivity index (χ0v) is 13.2. The quantitative estimate of drug-likeness (QED) is 0.845. The number of rotatable bonds is 2. The molecule has 0 spiro atoms. The monoisotopic (exact) mass is 334 g/mol. The summed E-state index contributed by atoms with van der Waals surface area (Å²) in [5.41, 5.74) is 0. The highest BCUT2D eigenvalue weighted by molar-refractivity contribution is 9.09. The van der Waals surface area contributed by atoms with E-state index in [-0.39, 0.29) is 0 Å². The van der Waals surface area contributed by atoms with E-state index >= 15 is 0 Å². The Labute approximate surface area is 127 Å². The number of aromatic hydroxyl groups is 1. The minimum absolute atomic E-state index is 0.302. The maximum Gasteiger partial charge on any atom is 0.136 e. The molecule has 1 aromatic heterocycles. The van der Waals surface area contributed by atoms with E-state index in [2.05, 4.69) is 32.7 Å². The van der Waals surface area contributed by atoms with Gasteiger partial charge in [-0.2, -0.15) is 0 Å². The van der Waals surface area contributed by atoms with Gasteiger partial charge < -0.3 is 10.0 Å². The van der Waals surface area contributed by atoms with Crippen molar-refractivity contribution in [2.45, 2.75) is 24.6 Å². The second kappa shape index (κ2) is 5.60. The summed E-state index contributed by atoms with van der Waals surface area (Å²) in [4.78, 5) is 7.46. The molecule has 4 heteroatoms. The Morgan fingerprint density at radius 3 is 2.75 bits per heavy atom. The second-order valence-electron chi connectivity index (χ2n) is 5.54. The molecule has 0 aliphatic carbocycles. The highest BCUT2D eigenvalue weighted by Gasteiger charge is 2.24. The lowest BCUT2D eigenvalue weighted by atomic mass is 9.94. The van der Waals surface area contributed by atoms with Gasteiger partial charge >= 0.3 is 0 Å². The van der Waals surface area contributed by atoms with Crippen molar-refractivity contribution in [3.63, 3.8) is 0 Å². The third-order valence-corrected chi connectivity index (χ3v) is 4.97. The predicted molar refractivity (Wildman–Crippen MR) is 86.7 cm³/mol. The van der Waals surface area contributed by atoms with Crippen LogP contribution in [0.4, 0.5) is 5.82 Å². The summed E-state index contributed by atoms with van der Waals surface area (Å²) in [6, 6.07) is 7.48. The zero-order chi connectivity index (χ0) is 14.1. The first kappa shape index (κ1) is 13.7. The molecule has 2 aromatic rings. The minimum Gasteiger partial charge on any atom is -0.508 e. The molecule has 1 atom stereocenters. The van der Waals surface area contributed by atoms with E-state index < -0.39 is 0 Å². The molecule has 1 aliphatic rings. The van der Waals surface area contributed by atoms with E-state index in [1.54, 1.807) is 6.07 Å². The Hall–Kier alpha value is -1.29. The van der Waals surface area contributed by atoms with Crippen molar-refractivity contribution in [1.29, 1.82) is 0 Å². The number of hydrogen-bond acceptors (Lipinski definition) is 3. The Morgan fingerprint density at radius 2 is 2.05 bits per heavy atom. The topological polar surface area (TPSA) is 36.4 Å². The van der Waals surface area contributed by atoms with Crippen molar-refractivity contribution in [1.82, 2.24) is 4.98 Å². The third-order valence-electron chi connectivity index (χ3n) is 4.22. The standard InChI is InChI=1S/C16H19BrN2O/c1-11(17)12-5-8-19(9-6-12)16-15-10-14(20)3-2-13(15)4-7-18-16/h2-4,7,10-12,20H,5-6,8-9H2,1H3. The number of phenols is 1. The largest absolute Gasteiger partial charge is 0.508 e. The third kappa shape index (κ3) is 2.62. The number of halogens is 1. The summed E-state index contributed by atoms with van der Waals surface area (Å²) in [6.45, 7) is 4.29. The van der Waals surface area contributed by atoms with Crippen LogP contribution in [0, 0.1) is 5.92 Å². The number of alkyl halides is 1. The van der Waals surface area contributed by atoms with Crippen molar-refractivity contribution >= 4 is 32.5 Å². The molecular formula is C16H19BrN2O. The van der Waals surface area contributed by atoms with Crippen molar-refractivity contribution in [2.75, 3.05) is 18.0 Å². The molecule has 0 amide bonds. The number of pyridine rings is 1. The summed E-state index contributed by atoms with van der Waals surface area (Å²) in [6.07, 6.45) is 4.22. The maximum atomic E-state index is 9.72. The maximum absolute atomic E-state index is 9.72. The lowest BCUT2D eigenvalue weighted by Gasteiger charge is -2.34. The first-order valence-electron chi connectivity index (χ1n) is 7.12. The molecule has 0 radical (unpaired) electrons. The lowest BCUT2D eigenvalue weighted by molar-refractivity contribution is 0.406. The van der Waals surface area contributed by atoms with E-state index in [4.69, 9.17) is 0 Å². The SMILES string of the molecule is CC(Br)C1CCN(c2nccc3ccc(O)cc23)CC1. The number of fused-ring (bicyclic) bond motifs is 1. The first-order chi connectivity index (χ1) is 9.65. The van der Waals surface area contributed by atoms with E-state index in [1.165, 1.54) is 12.8 Å². The van der Waals surface area contributed by atoms with Gasteiger partial charge in [0.05, 0.1) is 0 Å². The Kier molecular flexibility index (Phi) is 3.83. The Morgan fingerprint density at radius 1 is 1.30 bits per heavy atom. The van der Waals surface area contributed by atoms with Crippen LogP contribution >= 0.6 is 15.9 Å². The van der Waals surface area contributed by atoms with E-state index in [1.807, 2.05) is 24.4 Å². The number of piperidine rings is 1. The Bertz CT molecular complexity index is 606. The normalized spacial score (nSPS) is 18.4. The van der Waals surface area contributed by atoms with Crippen molar-refractivity contribution < 1.29 is 5.11 Å². The van der Waals surface area contributed by atoms with Crippen LogP contribution in [0.2, 0.25) is 0 Å². The van der Waals surface area contributed by atoms with Crippen molar-refractivity contribution in [3.8, 4) is 5.75 Å². The van der Waals surface area contributed by atoms with Crippen LogP contribution in [0.3, 0.4) is 0 Å². The smallest absolute Gasteiger partial charge is 0.136 e. The lowest BCUT2D eigenvalue weighted by Crippen LogP contribution is -2.36. The van der Waals surface area contributed by atoms with Gasteiger partial charge in [0.25, 0.3) is 0 Å². The molecule has 1 unspecified atom stereocenters. The van der Waals surface area contributed by atoms with Crippen LogP contribution < -0.4 is 4.90 Å². The molecule has 1 aliphatic heterocycles. The number of aromatic nitrogens is 1. The summed E-state index contributed by atoms with van der Waals surface area (Å²) in [7, 11) is 0. The predicted octanol–water partition coefficient (Wildman–Crippen LogP) is 3.94. The van der Waals surface area contributed by atoms with Gasteiger partial charge in [-0.15, -0.1) is 0 Å². The minimum atomic E-state index is 0.302. The van der Waals surface area contributed by atoms with Gasteiger partial charge in [-0.1, -0.05) is 28.9 Å². The van der Waals surface area contributed by atoms with E-state index in [0.29, 0.717) is 10.6 Å². The number of hydrogen-bond donors (Lipinski definition) is 1. The summed E-state index contributed by atoms with van der Waals surface area (Å²) in [5.74, 6) is 2.05. The van der Waals surface area contributed by atoms with Crippen LogP contribution in [-0.4, -0.2) is 28.0 Å². The van der Waals surface area contributed by atoms with Gasteiger partial charge in [0, 0.05) is 29.5 Å². The molecule has 106 valence electrons. The second-order valence-corrected chi connectivity index (χ2v) is 6.99. The van der Waals surface area contributed by atoms with Gasteiger partial charge in [0.2, 0.25) is 0 Å². The molecule has 0 bridgehead atoms. The van der Waals surface area contributed by atoms with Gasteiger partial charge in [0.15, 0.2) is 0 Å². The van der Waals surface area contributed by atoms with Gasteiger partial charge in [-0.25, -0.2) is 4.98 Å². The van der Waals surface area contributed by atoms with Crippen molar-refractivity contribution in [3.05, 3.63) is 30.5 Å². The number of anilines is 1. The molecule has 1 fully saturated rings. The van der Waals surface area contributed by atoms with Crippen LogP contribution in [0.1, 0.15) is 19.8 Å². The highest BCUT2D eigenvalue weighted by atomic mass is 79.9. The van der Waals surface area contributed by atoms with E-state index in [0.717, 1.165) is 35.6 Å². The van der Waals surface area contributed by atoms with Crippen LogP contribution in [-0.2, 0) is 0 Å². The Balaban J connectivity index is 1.90. The molecule has 1 aromatic carbocycles. The molecule has 2 heterocycles. The van der Waals surface area contributed by atoms with Gasteiger partial charge in [-0.3, -0.25) is 0 Å². The molecule has 3 rings (SSSR count). The van der Waals surface area contributed by atoms with E-state index in [9.17, 15) is 5.11 Å². The average Bonchev–Trinajstić information content (AvgIpc) is 2.46. The summed E-state index contributed by atoms with van der Waals surface area (Å²) in [5, 5.41) is 11.9. The number of nitrogens with zero attached hydrogens (tertiary/aromatic N) is 2. The van der Waals surface area contributed by atoms with Gasteiger partial charge in [-0.05, 0) is 42.3 Å². The highest BCUT2D eigenvalue weighted by Crippen LogP contribution is 2.32. The molecule has 1 saturated heterocycles. The summed E-state index contributed by atoms with van der Waals surface area (Å²) < 4.78 is 0. The van der Waals surface area contributed by atoms with Crippen molar-refractivity contribution in [2.24, 2.45) is 5.92 Å². The molecule has 3 nitrogen and oxygen atoms in total. The number of benzene rings is 1. The number of phenolic OH excluding ortho intramolecular Hbond substituents is 1. The van der Waals surface area contributed by atoms with Crippen LogP contribution in [0.15, 0.2) is 30.5 Å². The fraction of sp³-hybridized carbons (Fsp3) is 0.438. The average molecular weight is 335 g/mol. The fourth-order valence-electron chi connectivity index (χ4n) is 2.96. The van der Waals surface area contributed by atoms with Crippen LogP contribution in [0.25, 0.3) is 10.8 Å². The molecule has 1 N–H and O–H groups in total. The fourth-order valence-corrected chi connectivity index (χ4v) is 3.49. The first-order valence-corrected chi connectivity index (χ1v) is 8.03. The van der Waals surface area contributed by atoms with Gasteiger partial charge in [0.1, 0.15) is 11.6 Å².